The van der Waals surface area contributed by atoms with Crippen molar-refractivity contribution in [3.63, 3.8) is 0 Å². The van der Waals surface area contributed by atoms with Gasteiger partial charge in [-0.05, 0) is 24.8 Å². The van der Waals surface area contributed by atoms with E-state index in [1.165, 1.54) is 18.4 Å². The fraction of sp³-hybridized carbons (Fsp3) is 0.600. The van der Waals surface area contributed by atoms with Gasteiger partial charge in [0.15, 0.2) is 0 Å². The molecule has 0 radical (unpaired) electrons. The van der Waals surface area contributed by atoms with Gasteiger partial charge in [0.25, 0.3) is 0 Å². The Morgan fingerprint density at radius 1 is 1.24 bits per heavy atom. The third-order valence-corrected chi connectivity index (χ3v) is 4.52. The minimum Gasteiger partial charge on any atom is -0.292 e. The standard InChI is InChI=1S/C15H22ClN/c1-3-15(4-2)10-14(16)12-17(15)11-13-8-6-5-7-9-13/h5-9,14H,3-4,10-12H2,1-2H3. The van der Waals surface area contributed by atoms with Crippen LogP contribution in [-0.4, -0.2) is 22.4 Å². The average Bonchev–Trinajstić information content (AvgIpc) is 2.67. The van der Waals surface area contributed by atoms with Crippen LogP contribution in [0.3, 0.4) is 0 Å². The summed E-state index contributed by atoms with van der Waals surface area (Å²) >= 11 is 6.37. The summed E-state index contributed by atoms with van der Waals surface area (Å²) < 4.78 is 0. The highest BCUT2D eigenvalue weighted by atomic mass is 35.5. The number of likely N-dealkylation sites (tertiary alicyclic amines) is 1. The highest BCUT2D eigenvalue weighted by Crippen LogP contribution is 2.38. The molecule has 0 aliphatic carbocycles. The lowest BCUT2D eigenvalue weighted by atomic mass is 9.89. The minimum atomic E-state index is 0.318. The van der Waals surface area contributed by atoms with Crippen LogP contribution in [0.4, 0.5) is 0 Å². The maximum Gasteiger partial charge on any atom is 0.0481 e. The van der Waals surface area contributed by atoms with Crippen molar-refractivity contribution in [2.75, 3.05) is 6.54 Å². The van der Waals surface area contributed by atoms with E-state index in [0.717, 1.165) is 19.5 Å². The zero-order valence-electron chi connectivity index (χ0n) is 10.8. The molecule has 1 saturated heterocycles. The largest absolute Gasteiger partial charge is 0.292 e. The molecule has 2 heteroatoms. The van der Waals surface area contributed by atoms with Gasteiger partial charge in [0.2, 0.25) is 0 Å². The van der Waals surface area contributed by atoms with Crippen LogP contribution in [0.2, 0.25) is 0 Å². The fourth-order valence-electron chi connectivity index (χ4n) is 3.06. The zero-order chi connectivity index (χ0) is 12.3. The van der Waals surface area contributed by atoms with Gasteiger partial charge < -0.3 is 0 Å². The summed E-state index contributed by atoms with van der Waals surface area (Å²) in [6, 6.07) is 10.7. The second-order valence-electron chi connectivity index (χ2n) is 5.10. The molecule has 0 bridgehead atoms. The molecular weight excluding hydrogens is 230 g/mol. The van der Waals surface area contributed by atoms with E-state index in [9.17, 15) is 0 Å². The molecule has 1 heterocycles. The van der Waals surface area contributed by atoms with Gasteiger partial charge in [-0.25, -0.2) is 0 Å². The first-order valence-corrected chi connectivity index (χ1v) is 7.07. The predicted molar refractivity (Wildman–Crippen MR) is 74.4 cm³/mol. The molecule has 94 valence electrons. The first kappa shape index (κ1) is 12.9. The maximum atomic E-state index is 6.37. The average molecular weight is 252 g/mol. The van der Waals surface area contributed by atoms with Crippen molar-refractivity contribution in [3.8, 4) is 0 Å². The van der Waals surface area contributed by atoms with Gasteiger partial charge in [0, 0.05) is 24.0 Å². The molecular formula is C15H22ClN. The van der Waals surface area contributed by atoms with E-state index in [1.54, 1.807) is 0 Å². The third kappa shape index (κ3) is 2.66. The van der Waals surface area contributed by atoms with Gasteiger partial charge in [-0.2, -0.15) is 0 Å². The van der Waals surface area contributed by atoms with Crippen LogP contribution >= 0.6 is 11.6 Å². The lowest BCUT2D eigenvalue weighted by molar-refractivity contribution is 0.119. The number of nitrogens with zero attached hydrogens (tertiary/aromatic N) is 1. The lowest BCUT2D eigenvalue weighted by Crippen LogP contribution is -2.42. The van der Waals surface area contributed by atoms with Crippen LogP contribution in [0.15, 0.2) is 30.3 Å². The van der Waals surface area contributed by atoms with Gasteiger partial charge in [0.05, 0.1) is 0 Å². The van der Waals surface area contributed by atoms with E-state index in [4.69, 9.17) is 11.6 Å². The number of rotatable bonds is 4. The number of hydrogen-bond donors (Lipinski definition) is 0. The number of benzene rings is 1. The summed E-state index contributed by atoms with van der Waals surface area (Å²) in [5, 5.41) is 0.318. The SMILES string of the molecule is CCC1(CC)CC(Cl)CN1Cc1ccccc1. The molecule has 1 aliphatic rings. The molecule has 0 N–H and O–H groups in total. The van der Waals surface area contributed by atoms with E-state index in [0.29, 0.717) is 10.9 Å². The molecule has 1 fully saturated rings. The normalized spacial score (nSPS) is 24.1. The van der Waals surface area contributed by atoms with Gasteiger partial charge in [-0.1, -0.05) is 44.2 Å². The van der Waals surface area contributed by atoms with E-state index in [2.05, 4.69) is 49.1 Å². The molecule has 0 saturated carbocycles. The number of hydrogen-bond acceptors (Lipinski definition) is 1. The van der Waals surface area contributed by atoms with Crippen molar-refractivity contribution in [1.82, 2.24) is 4.90 Å². The Balaban J connectivity index is 2.14. The molecule has 1 nitrogen and oxygen atoms in total. The first-order chi connectivity index (χ1) is 8.20. The maximum absolute atomic E-state index is 6.37. The van der Waals surface area contributed by atoms with Crippen LogP contribution in [0, 0.1) is 0 Å². The van der Waals surface area contributed by atoms with E-state index < -0.39 is 0 Å². The number of alkyl halides is 1. The Kier molecular flexibility index (Phi) is 4.11. The smallest absolute Gasteiger partial charge is 0.0481 e. The second-order valence-corrected chi connectivity index (χ2v) is 5.72. The Hall–Kier alpha value is -0.530. The monoisotopic (exact) mass is 251 g/mol. The predicted octanol–water partition coefficient (Wildman–Crippen LogP) is 4.06. The highest BCUT2D eigenvalue weighted by molar-refractivity contribution is 6.21. The highest BCUT2D eigenvalue weighted by Gasteiger charge is 2.41. The van der Waals surface area contributed by atoms with Crippen LogP contribution < -0.4 is 0 Å². The van der Waals surface area contributed by atoms with Gasteiger partial charge >= 0.3 is 0 Å². The molecule has 1 aromatic carbocycles. The van der Waals surface area contributed by atoms with Gasteiger partial charge in [-0.3, -0.25) is 4.90 Å². The van der Waals surface area contributed by atoms with Crippen molar-refractivity contribution >= 4 is 11.6 Å². The van der Waals surface area contributed by atoms with Crippen LogP contribution in [0.5, 0.6) is 0 Å². The van der Waals surface area contributed by atoms with Crippen molar-refractivity contribution < 1.29 is 0 Å². The summed E-state index contributed by atoms with van der Waals surface area (Å²) in [5.74, 6) is 0. The Bertz CT molecular complexity index is 345. The molecule has 2 rings (SSSR count). The van der Waals surface area contributed by atoms with Crippen molar-refractivity contribution in [2.24, 2.45) is 0 Å². The topological polar surface area (TPSA) is 3.24 Å². The van der Waals surface area contributed by atoms with Crippen molar-refractivity contribution in [1.29, 1.82) is 0 Å². The summed E-state index contributed by atoms with van der Waals surface area (Å²) in [6.45, 7) is 6.64. The Labute approximate surface area is 110 Å². The second kappa shape index (κ2) is 5.41. The van der Waals surface area contributed by atoms with Crippen molar-refractivity contribution in [2.45, 2.75) is 50.6 Å². The molecule has 1 aliphatic heterocycles. The summed E-state index contributed by atoms with van der Waals surface area (Å²) in [5.41, 5.74) is 1.71. The quantitative estimate of drug-likeness (QED) is 0.730. The van der Waals surface area contributed by atoms with E-state index >= 15 is 0 Å². The molecule has 0 aromatic heterocycles. The molecule has 0 spiro atoms. The minimum absolute atomic E-state index is 0.318. The Morgan fingerprint density at radius 2 is 1.88 bits per heavy atom. The first-order valence-electron chi connectivity index (χ1n) is 6.63. The molecule has 17 heavy (non-hydrogen) atoms. The fourth-order valence-corrected chi connectivity index (χ4v) is 3.51. The van der Waals surface area contributed by atoms with Gasteiger partial charge in [-0.15, -0.1) is 11.6 Å². The third-order valence-electron chi connectivity index (χ3n) is 4.22. The van der Waals surface area contributed by atoms with Gasteiger partial charge in [0.1, 0.15) is 0 Å². The van der Waals surface area contributed by atoms with Crippen LogP contribution in [0.1, 0.15) is 38.7 Å². The molecule has 0 amide bonds. The van der Waals surface area contributed by atoms with Crippen molar-refractivity contribution in [3.05, 3.63) is 35.9 Å². The molecule has 1 atom stereocenters. The number of halogens is 1. The molecule has 1 unspecified atom stereocenters. The molecule has 1 aromatic rings. The van der Waals surface area contributed by atoms with E-state index in [1.807, 2.05) is 0 Å². The summed E-state index contributed by atoms with van der Waals surface area (Å²) in [6.07, 6.45) is 3.52. The summed E-state index contributed by atoms with van der Waals surface area (Å²) in [7, 11) is 0. The van der Waals surface area contributed by atoms with Crippen LogP contribution in [-0.2, 0) is 6.54 Å². The Morgan fingerprint density at radius 3 is 2.47 bits per heavy atom. The van der Waals surface area contributed by atoms with Crippen LogP contribution in [0.25, 0.3) is 0 Å². The lowest BCUT2D eigenvalue weighted by Gasteiger charge is -2.37. The zero-order valence-corrected chi connectivity index (χ0v) is 11.6. The summed E-state index contributed by atoms with van der Waals surface area (Å²) in [4.78, 5) is 2.58. The van der Waals surface area contributed by atoms with E-state index in [-0.39, 0.29) is 0 Å².